The van der Waals surface area contributed by atoms with E-state index in [0.29, 0.717) is 26.2 Å². The van der Waals surface area contributed by atoms with Crippen molar-refractivity contribution in [3.8, 4) is 17.0 Å². The van der Waals surface area contributed by atoms with Gasteiger partial charge in [0.2, 0.25) is 10.0 Å². The van der Waals surface area contributed by atoms with Gasteiger partial charge in [-0.1, -0.05) is 0 Å². The van der Waals surface area contributed by atoms with Crippen molar-refractivity contribution in [2.24, 2.45) is 5.92 Å². The van der Waals surface area contributed by atoms with Crippen molar-refractivity contribution in [1.29, 1.82) is 0 Å². The average Bonchev–Trinajstić information content (AvgIpc) is 3.00. The monoisotopic (exact) mass is 382 g/mol. The summed E-state index contributed by atoms with van der Waals surface area (Å²) in [6.45, 7) is 3.44. The van der Waals surface area contributed by atoms with E-state index in [0.717, 1.165) is 22.0 Å². The first-order chi connectivity index (χ1) is 11.9. The summed E-state index contributed by atoms with van der Waals surface area (Å²) in [6, 6.07) is 7.63. The van der Waals surface area contributed by atoms with Gasteiger partial charge in [0.25, 0.3) is 0 Å². The number of hydrogen-bond acceptors (Lipinski definition) is 6. The zero-order valence-electron chi connectivity index (χ0n) is 14.3. The number of aryl methyl sites for hydroxylation is 1. The molecule has 0 saturated carbocycles. The fraction of sp³-hybridized carbons (Fsp3) is 0.471. The van der Waals surface area contributed by atoms with Gasteiger partial charge in [0.15, 0.2) is 0 Å². The molecule has 3 rings (SSSR count). The van der Waals surface area contributed by atoms with Gasteiger partial charge in [-0.2, -0.15) is 0 Å². The first kappa shape index (κ1) is 18.3. The Morgan fingerprint density at radius 2 is 2.12 bits per heavy atom. The van der Waals surface area contributed by atoms with Gasteiger partial charge in [0.05, 0.1) is 30.2 Å². The van der Waals surface area contributed by atoms with Crippen LogP contribution in [-0.2, 0) is 14.8 Å². The van der Waals surface area contributed by atoms with Crippen LogP contribution in [0.5, 0.6) is 5.75 Å². The highest BCUT2D eigenvalue weighted by Gasteiger charge is 2.28. The Morgan fingerprint density at radius 1 is 1.36 bits per heavy atom. The van der Waals surface area contributed by atoms with Gasteiger partial charge in [0.1, 0.15) is 5.75 Å². The smallest absolute Gasteiger partial charge is 0.208 e. The van der Waals surface area contributed by atoms with Crippen LogP contribution in [0.25, 0.3) is 11.3 Å². The number of sulfonamides is 1. The van der Waals surface area contributed by atoms with Crippen LogP contribution in [0.15, 0.2) is 29.6 Å². The summed E-state index contributed by atoms with van der Waals surface area (Å²) in [5.74, 6) is 0.740. The van der Waals surface area contributed by atoms with Gasteiger partial charge in [-0.05, 0) is 37.6 Å². The molecule has 1 saturated heterocycles. The highest BCUT2D eigenvalue weighted by atomic mass is 32.2. The van der Waals surface area contributed by atoms with Crippen molar-refractivity contribution < 1.29 is 17.9 Å². The molecule has 136 valence electrons. The summed E-state index contributed by atoms with van der Waals surface area (Å²) in [5.41, 5.74) is 2.02. The second-order valence-electron chi connectivity index (χ2n) is 6.21. The van der Waals surface area contributed by atoms with Crippen LogP contribution < -0.4 is 9.46 Å². The molecule has 8 heteroatoms. The lowest BCUT2D eigenvalue weighted by Gasteiger charge is -2.31. The summed E-state index contributed by atoms with van der Waals surface area (Å²) in [5, 5.41) is 3.07. The molecule has 0 aliphatic carbocycles. The number of aromatic nitrogens is 1. The average molecular weight is 383 g/mol. The minimum absolute atomic E-state index is 0.00987. The molecule has 1 aromatic heterocycles. The number of benzene rings is 1. The van der Waals surface area contributed by atoms with Gasteiger partial charge in [-0.25, -0.2) is 18.1 Å². The highest BCUT2D eigenvalue weighted by Crippen LogP contribution is 2.24. The van der Waals surface area contributed by atoms with E-state index in [1.165, 1.54) is 6.26 Å². The summed E-state index contributed by atoms with van der Waals surface area (Å²) in [4.78, 5) is 4.47. The molecule has 0 radical (unpaired) electrons. The molecule has 2 heterocycles. The van der Waals surface area contributed by atoms with Gasteiger partial charge in [-0.15, -0.1) is 11.3 Å². The molecule has 1 aliphatic rings. The quantitative estimate of drug-likeness (QED) is 0.830. The van der Waals surface area contributed by atoms with E-state index in [9.17, 15) is 8.42 Å². The Kier molecular flexibility index (Phi) is 5.73. The molecule has 0 spiro atoms. The fourth-order valence-electron chi connectivity index (χ4n) is 2.81. The molecular weight excluding hydrogens is 360 g/mol. The molecule has 1 aromatic carbocycles. The van der Waals surface area contributed by atoms with E-state index < -0.39 is 10.0 Å². The maximum atomic E-state index is 11.5. The van der Waals surface area contributed by atoms with E-state index in [4.69, 9.17) is 9.47 Å². The standard InChI is InChI=1S/C17H22N2O4S2/c1-12-18-17(11-24-12)13-3-5-15(6-4-13)23-10-14-9-22-8-7-16(14)19-25(2,20)21/h3-6,11,14,16,19H,7-10H2,1-2H3. The van der Waals surface area contributed by atoms with Gasteiger partial charge >= 0.3 is 0 Å². The Labute approximate surface area is 152 Å². The molecule has 6 nitrogen and oxygen atoms in total. The first-order valence-corrected chi connectivity index (χ1v) is 10.9. The maximum absolute atomic E-state index is 11.5. The number of rotatable bonds is 6. The van der Waals surface area contributed by atoms with E-state index in [1.807, 2.05) is 36.6 Å². The second kappa shape index (κ2) is 7.82. The lowest BCUT2D eigenvalue weighted by atomic mass is 9.98. The van der Waals surface area contributed by atoms with E-state index in [2.05, 4.69) is 9.71 Å². The molecule has 0 amide bonds. The van der Waals surface area contributed by atoms with Crippen LogP contribution >= 0.6 is 11.3 Å². The van der Waals surface area contributed by atoms with Crippen LogP contribution in [-0.4, -0.2) is 45.5 Å². The number of nitrogens with one attached hydrogen (secondary N) is 1. The third-order valence-corrected chi connectivity index (χ3v) is 5.58. The topological polar surface area (TPSA) is 77.5 Å². The highest BCUT2D eigenvalue weighted by molar-refractivity contribution is 7.88. The molecule has 1 aliphatic heterocycles. The first-order valence-electron chi connectivity index (χ1n) is 8.11. The van der Waals surface area contributed by atoms with Crippen molar-refractivity contribution in [1.82, 2.24) is 9.71 Å². The molecular formula is C17H22N2O4S2. The lowest BCUT2D eigenvalue weighted by Crippen LogP contribution is -2.47. The molecule has 2 atom stereocenters. The number of ether oxygens (including phenoxy) is 2. The predicted molar refractivity (Wildman–Crippen MR) is 98.5 cm³/mol. The molecule has 1 N–H and O–H groups in total. The van der Waals surface area contributed by atoms with Gasteiger partial charge < -0.3 is 9.47 Å². The zero-order chi connectivity index (χ0) is 17.9. The zero-order valence-corrected chi connectivity index (χ0v) is 15.9. The Morgan fingerprint density at radius 3 is 2.76 bits per heavy atom. The molecule has 2 aromatic rings. The van der Waals surface area contributed by atoms with Crippen molar-refractivity contribution >= 4 is 21.4 Å². The van der Waals surface area contributed by atoms with Crippen molar-refractivity contribution in [3.63, 3.8) is 0 Å². The van der Waals surface area contributed by atoms with Crippen LogP contribution in [0, 0.1) is 12.8 Å². The van der Waals surface area contributed by atoms with Crippen LogP contribution in [0.4, 0.5) is 0 Å². The van der Waals surface area contributed by atoms with Crippen molar-refractivity contribution in [3.05, 3.63) is 34.7 Å². The Hall–Kier alpha value is -1.48. The normalized spacial score (nSPS) is 21.2. The van der Waals surface area contributed by atoms with Crippen LogP contribution in [0.3, 0.4) is 0 Å². The largest absolute Gasteiger partial charge is 0.493 e. The Balaban J connectivity index is 1.60. The third kappa shape index (κ3) is 5.24. The van der Waals surface area contributed by atoms with Gasteiger partial charge in [0, 0.05) is 29.5 Å². The number of nitrogens with zero attached hydrogens (tertiary/aromatic N) is 1. The van der Waals surface area contributed by atoms with E-state index >= 15 is 0 Å². The molecule has 1 fully saturated rings. The Bertz CT molecular complexity index is 802. The maximum Gasteiger partial charge on any atom is 0.208 e. The molecule has 0 bridgehead atoms. The van der Waals surface area contributed by atoms with Crippen molar-refractivity contribution in [2.45, 2.75) is 19.4 Å². The van der Waals surface area contributed by atoms with E-state index in [-0.39, 0.29) is 12.0 Å². The number of thiazole rings is 1. The van der Waals surface area contributed by atoms with Crippen LogP contribution in [0.2, 0.25) is 0 Å². The molecule has 25 heavy (non-hydrogen) atoms. The van der Waals surface area contributed by atoms with Gasteiger partial charge in [-0.3, -0.25) is 0 Å². The minimum atomic E-state index is -3.24. The third-order valence-electron chi connectivity index (χ3n) is 4.07. The second-order valence-corrected chi connectivity index (χ2v) is 9.05. The lowest BCUT2D eigenvalue weighted by molar-refractivity contribution is 0.0187. The van der Waals surface area contributed by atoms with Crippen LogP contribution in [0.1, 0.15) is 11.4 Å². The summed E-state index contributed by atoms with van der Waals surface area (Å²) in [6.07, 6.45) is 1.84. The molecule has 2 unspecified atom stereocenters. The fourth-order valence-corrected chi connectivity index (χ4v) is 4.29. The van der Waals surface area contributed by atoms with E-state index in [1.54, 1.807) is 11.3 Å². The predicted octanol–water partition coefficient (Wildman–Crippen LogP) is 2.45. The summed E-state index contributed by atoms with van der Waals surface area (Å²) >= 11 is 1.62. The SMILES string of the molecule is Cc1nc(-c2ccc(OCC3COCCC3NS(C)(=O)=O)cc2)cs1. The van der Waals surface area contributed by atoms with Crippen molar-refractivity contribution in [2.75, 3.05) is 26.1 Å². The number of hydrogen-bond donors (Lipinski definition) is 1. The minimum Gasteiger partial charge on any atom is -0.493 e. The summed E-state index contributed by atoms with van der Waals surface area (Å²) < 4.78 is 37.0. The summed E-state index contributed by atoms with van der Waals surface area (Å²) in [7, 11) is -3.24.